The minimum atomic E-state index is 0.102. The van der Waals surface area contributed by atoms with Gasteiger partial charge in [0.25, 0.3) is 0 Å². The second kappa shape index (κ2) is 9.21. The third kappa shape index (κ3) is 6.44. The normalized spacial score (nSPS) is 17.6. The summed E-state index contributed by atoms with van der Waals surface area (Å²) in [6.45, 7) is 12.1. The van der Waals surface area contributed by atoms with Gasteiger partial charge in [-0.05, 0) is 69.2 Å². The zero-order chi connectivity index (χ0) is 18.4. The molecule has 1 aromatic rings. The van der Waals surface area contributed by atoms with E-state index in [2.05, 4.69) is 57.9 Å². The zero-order valence-corrected chi connectivity index (χ0v) is 17.3. The van der Waals surface area contributed by atoms with Gasteiger partial charge in [-0.25, -0.2) is 0 Å². The number of allylic oxidation sites excluding steroid dienone is 1. The molecule has 1 fully saturated rings. The van der Waals surface area contributed by atoms with Crippen LogP contribution in [-0.2, 0) is 10.2 Å². The van der Waals surface area contributed by atoms with Crippen molar-refractivity contribution < 1.29 is 4.74 Å². The molecule has 0 aliphatic carbocycles. The summed E-state index contributed by atoms with van der Waals surface area (Å²) in [5.41, 5.74) is 2.84. The quantitative estimate of drug-likeness (QED) is 0.576. The number of nitrogens with zero attached hydrogens (tertiary/aromatic N) is 1. The Balaban J connectivity index is 2.10. The third-order valence-corrected chi connectivity index (χ3v) is 5.58. The average Bonchev–Trinajstić information content (AvgIpc) is 2.55. The van der Waals surface area contributed by atoms with E-state index in [0.717, 1.165) is 37.1 Å². The molecular formula is C22H34ClNO. The van der Waals surface area contributed by atoms with Crippen LogP contribution in [0.2, 0.25) is 5.02 Å². The SMILES string of the molecule is CC(C)=CC(CC(C)(C)c1ccc(Cl)cc1)N(C)CC1CCOCC1. The monoisotopic (exact) mass is 363 g/mol. The van der Waals surface area contributed by atoms with Crippen molar-refractivity contribution in [1.29, 1.82) is 0 Å². The molecule has 1 aliphatic rings. The van der Waals surface area contributed by atoms with Crippen molar-refractivity contribution in [3.8, 4) is 0 Å². The topological polar surface area (TPSA) is 12.5 Å². The lowest BCUT2D eigenvalue weighted by atomic mass is 9.78. The van der Waals surface area contributed by atoms with E-state index < -0.39 is 0 Å². The summed E-state index contributed by atoms with van der Waals surface area (Å²) in [6.07, 6.45) is 5.90. The number of likely N-dealkylation sites (N-methyl/N-ethyl adjacent to an activating group) is 1. The Morgan fingerprint density at radius 3 is 2.40 bits per heavy atom. The van der Waals surface area contributed by atoms with Crippen LogP contribution in [0, 0.1) is 5.92 Å². The molecule has 0 spiro atoms. The van der Waals surface area contributed by atoms with Crippen molar-refractivity contribution in [3.63, 3.8) is 0 Å². The summed E-state index contributed by atoms with van der Waals surface area (Å²) < 4.78 is 5.51. The van der Waals surface area contributed by atoms with Crippen LogP contribution in [0.5, 0.6) is 0 Å². The molecule has 0 amide bonds. The Labute approximate surface area is 159 Å². The standard InChI is InChI=1S/C22H34ClNO/c1-17(2)14-21(24(5)16-18-10-12-25-13-11-18)15-22(3,4)19-6-8-20(23)9-7-19/h6-9,14,18,21H,10-13,15-16H2,1-5H3. The van der Waals surface area contributed by atoms with Gasteiger partial charge >= 0.3 is 0 Å². The lowest BCUT2D eigenvalue weighted by Gasteiger charge is -2.36. The van der Waals surface area contributed by atoms with E-state index in [0.29, 0.717) is 6.04 Å². The summed E-state index contributed by atoms with van der Waals surface area (Å²) in [5, 5.41) is 0.803. The second-order valence-corrected chi connectivity index (χ2v) is 8.84. The molecule has 0 saturated carbocycles. The Bertz CT molecular complexity index is 554. The van der Waals surface area contributed by atoms with Gasteiger partial charge < -0.3 is 4.74 Å². The first kappa shape index (κ1) is 20.5. The summed E-state index contributed by atoms with van der Waals surface area (Å²) in [5.74, 6) is 0.755. The van der Waals surface area contributed by atoms with E-state index in [-0.39, 0.29) is 5.41 Å². The van der Waals surface area contributed by atoms with E-state index in [9.17, 15) is 0 Å². The number of rotatable bonds is 7. The van der Waals surface area contributed by atoms with Gasteiger partial charge in [0, 0.05) is 30.8 Å². The molecule has 0 N–H and O–H groups in total. The van der Waals surface area contributed by atoms with Gasteiger partial charge in [0.05, 0.1) is 0 Å². The van der Waals surface area contributed by atoms with E-state index in [1.165, 1.54) is 24.0 Å². The van der Waals surface area contributed by atoms with Crippen molar-refractivity contribution in [1.82, 2.24) is 4.90 Å². The van der Waals surface area contributed by atoms with Gasteiger partial charge in [-0.15, -0.1) is 0 Å². The zero-order valence-electron chi connectivity index (χ0n) is 16.5. The molecule has 0 radical (unpaired) electrons. The van der Waals surface area contributed by atoms with Crippen LogP contribution in [0.3, 0.4) is 0 Å². The summed E-state index contributed by atoms with van der Waals surface area (Å²) >= 11 is 6.07. The Hall–Kier alpha value is -0.830. The summed E-state index contributed by atoms with van der Waals surface area (Å²) in [7, 11) is 2.28. The maximum absolute atomic E-state index is 6.07. The predicted molar refractivity (Wildman–Crippen MR) is 108 cm³/mol. The maximum Gasteiger partial charge on any atom is 0.0469 e. The first-order valence-electron chi connectivity index (χ1n) is 9.47. The maximum atomic E-state index is 6.07. The average molecular weight is 364 g/mol. The van der Waals surface area contributed by atoms with Gasteiger partial charge in [-0.1, -0.05) is 49.2 Å². The highest BCUT2D eigenvalue weighted by atomic mass is 35.5. The van der Waals surface area contributed by atoms with Crippen LogP contribution in [-0.4, -0.2) is 37.7 Å². The number of benzene rings is 1. The fourth-order valence-corrected chi connectivity index (χ4v) is 3.87. The molecular weight excluding hydrogens is 330 g/mol. The van der Waals surface area contributed by atoms with Crippen molar-refractivity contribution in [2.75, 3.05) is 26.8 Å². The molecule has 2 nitrogen and oxygen atoms in total. The summed E-state index contributed by atoms with van der Waals surface area (Å²) in [4.78, 5) is 2.54. The van der Waals surface area contributed by atoms with Gasteiger partial charge in [0.1, 0.15) is 0 Å². The summed E-state index contributed by atoms with van der Waals surface area (Å²) in [6, 6.07) is 8.78. The van der Waals surface area contributed by atoms with Gasteiger partial charge in [-0.3, -0.25) is 4.90 Å². The Morgan fingerprint density at radius 1 is 1.24 bits per heavy atom. The molecule has 25 heavy (non-hydrogen) atoms. The van der Waals surface area contributed by atoms with Gasteiger partial charge in [0.2, 0.25) is 0 Å². The predicted octanol–water partition coefficient (Wildman–Crippen LogP) is 5.70. The highest BCUT2D eigenvalue weighted by Crippen LogP contribution is 2.32. The number of hydrogen-bond acceptors (Lipinski definition) is 2. The molecule has 1 heterocycles. The van der Waals surface area contributed by atoms with E-state index in [4.69, 9.17) is 16.3 Å². The van der Waals surface area contributed by atoms with Crippen LogP contribution >= 0.6 is 11.6 Å². The van der Waals surface area contributed by atoms with Crippen LogP contribution in [0.25, 0.3) is 0 Å². The van der Waals surface area contributed by atoms with Crippen molar-refractivity contribution in [2.45, 2.75) is 58.4 Å². The molecule has 1 unspecified atom stereocenters. The van der Waals surface area contributed by atoms with E-state index in [1.54, 1.807) is 0 Å². The molecule has 1 saturated heterocycles. The molecule has 3 heteroatoms. The molecule has 1 atom stereocenters. The lowest BCUT2D eigenvalue weighted by Crippen LogP contribution is -2.39. The van der Waals surface area contributed by atoms with Gasteiger partial charge in [0.15, 0.2) is 0 Å². The molecule has 0 aromatic heterocycles. The van der Waals surface area contributed by atoms with Crippen LogP contribution in [0.1, 0.15) is 52.5 Å². The molecule has 0 bridgehead atoms. The second-order valence-electron chi connectivity index (χ2n) is 8.40. The Kier molecular flexibility index (Phi) is 7.54. The molecule has 1 aromatic carbocycles. The fourth-order valence-electron chi connectivity index (χ4n) is 3.74. The Morgan fingerprint density at radius 2 is 1.84 bits per heavy atom. The molecule has 1 aliphatic heterocycles. The van der Waals surface area contributed by atoms with Crippen LogP contribution in [0.15, 0.2) is 35.9 Å². The largest absolute Gasteiger partial charge is 0.381 e. The highest BCUT2D eigenvalue weighted by Gasteiger charge is 2.28. The number of ether oxygens (including phenoxy) is 1. The van der Waals surface area contributed by atoms with Crippen LogP contribution < -0.4 is 0 Å². The first-order valence-corrected chi connectivity index (χ1v) is 9.85. The van der Waals surface area contributed by atoms with E-state index >= 15 is 0 Å². The fraction of sp³-hybridized carbons (Fsp3) is 0.636. The highest BCUT2D eigenvalue weighted by molar-refractivity contribution is 6.30. The number of halogens is 1. The molecule has 2 rings (SSSR count). The third-order valence-electron chi connectivity index (χ3n) is 5.32. The van der Waals surface area contributed by atoms with Crippen molar-refractivity contribution >= 4 is 11.6 Å². The minimum Gasteiger partial charge on any atom is -0.381 e. The lowest BCUT2D eigenvalue weighted by molar-refractivity contribution is 0.0513. The van der Waals surface area contributed by atoms with Crippen LogP contribution in [0.4, 0.5) is 0 Å². The first-order chi connectivity index (χ1) is 11.8. The minimum absolute atomic E-state index is 0.102. The smallest absolute Gasteiger partial charge is 0.0469 e. The van der Waals surface area contributed by atoms with Crippen molar-refractivity contribution in [3.05, 3.63) is 46.5 Å². The molecule has 140 valence electrons. The van der Waals surface area contributed by atoms with E-state index in [1.807, 2.05) is 12.1 Å². The number of hydrogen-bond donors (Lipinski definition) is 0. The van der Waals surface area contributed by atoms with Gasteiger partial charge in [-0.2, -0.15) is 0 Å². The van der Waals surface area contributed by atoms with Crippen molar-refractivity contribution in [2.24, 2.45) is 5.92 Å².